The van der Waals surface area contributed by atoms with Gasteiger partial charge >= 0.3 is 0 Å². The molecule has 1 amide bonds. The van der Waals surface area contributed by atoms with Gasteiger partial charge in [0.25, 0.3) is 0 Å². The van der Waals surface area contributed by atoms with Crippen molar-refractivity contribution in [2.24, 2.45) is 17.1 Å². The van der Waals surface area contributed by atoms with Crippen LogP contribution in [0, 0.1) is 17.2 Å². The lowest BCUT2D eigenvalue weighted by atomic mass is 9.73. The topological polar surface area (TPSA) is 62.1 Å². The van der Waals surface area contributed by atoms with Gasteiger partial charge in [0.1, 0.15) is 5.82 Å². The number of rotatable bonds is 9. The second-order valence-electron chi connectivity index (χ2n) is 9.78. The molecule has 1 aromatic heterocycles. The predicted molar refractivity (Wildman–Crippen MR) is 122 cm³/mol. The van der Waals surface area contributed by atoms with Crippen molar-refractivity contribution in [1.82, 2.24) is 9.88 Å². The molecule has 1 atom stereocenters. The molecule has 3 rings (SSSR count). The van der Waals surface area contributed by atoms with Crippen molar-refractivity contribution in [2.75, 3.05) is 13.2 Å². The zero-order valence-electron chi connectivity index (χ0n) is 18.8. The summed E-state index contributed by atoms with van der Waals surface area (Å²) >= 11 is 0. The first-order chi connectivity index (χ1) is 14.3. The number of amides is 1. The molecule has 1 aliphatic carbocycles. The largest absolute Gasteiger partial charge is 0.361 e. The number of nitrogens with one attached hydrogen (secondary N) is 1. The Labute approximate surface area is 180 Å². The first-order valence-corrected chi connectivity index (χ1v) is 11.6. The third kappa shape index (κ3) is 5.23. The number of H-pyrrole nitrogens is 1. The van der Waals surface area contributed by atoms with Crippen LogP contribution < -0.4 is 5.73 Å². The van der Waals surface area contributed by atoms with Crippen LogP contribution in [0.4, 0.5) is 4.39 Å². The minimum atomic E-state index is -0.238. The van der Waals surface area contributed by atoms with Crippen LogP contribution in [-0.2, 0) is 4.79 Å². The summed E-state index contributed by atoms with van der Waals surface area (Å²) in [5, 5.41) is 0.605. The molecule has 3 N–H and O–H groups in total. The van der Waals surface area contributed by atoms with Gasteiger partial charge in [-0.1, -0.05) is 46.1 Å². The molecule has 5 heteroatoms. The van der Waals surface area contributed by atoms with E-state index in [2.05, 4.69) is 25.8 Å². The van der Waals surface area contributed by atoms with Crippen LogP contribution in [0.2, 0.25) is 0 Å². The first kappa shape index (κ1) is 22.8. The minimum absolute atomic E-state index is 0.0481. The lowest BCUT2D eigenvalue weighted by Crippen LogP contribution is -2.38. The number of aromatic nitrogens is 1. The average Bonchev–Trinajstić information content (AvgIpc) is 3.14. The second kappa shape index (κ2) is 9.95. The van der Waals surface area contributed by atoms with Gasteiger partial charge in [-0.25, -0.2) is 4.39 Å². The molecule has 2 aromatic rings. The lowest BCUT2D eigenvalue weighted by Gasteiger charge is -2.34. The van der Waals surface area contributed by atoms with E-state index in [0.717, 1.165) is 23.9 Å². The summed E-state index contributed by atoms with van der Waals surface area (Å²) in [6.07, 6.45) is 11.0. The third-order valence-electron chi connectivity index (χ3n) is 7.13. The van der Waals surface area contributed by atoms with Crippen molar-refractivity contribution in [3.63, 3.8) is 0 Å². The van der Waals surface area contributed by atoms with Crippen LogP contribution in [0.25, 0.3) is 10.9 Å². The van der Waals surface area contributed by atoms with Gasteiger partial charge in [-0.05, 0) is 60.6 Å². The van der Waals surface area contributed by atoms with Gasteiger partial charge in [0.05, 0.1) is 6.67 Å². The van der Waals surface area contributed by atoms with E-state index in [1.807, 2.05) is 12.3 Å². The van der Waals surface area contributed by atoms with Crippen LogP contribution >= 0.6 is 0 Å². The van der Waals surface area contributed by atoms with Crippen LogP contribution in [0.15, 0.2) is 24.4 Å². The van der Waals surface area contributed by atoms with Gasteiger partial charge in [-0.2, -0.15) is 0 Å². The van der Waals surface area contributed by atoms with E-state index in [1.165, 1.54) is 38.2 Å². The molecule has 4 nitrogen and oxygen atoms in total. The number of carbonyl (C=O) groups is 1. The van der Waals surface area contributed by atoms with Gasteiger partial charge in [-0.15, -0.1) is 0 Å². The van der Waals surface area contributed by atoms with E-state index in [1.54, 1.807) is 11.0 Å². The Bertz CT molecular complexity index is 838. The molecule has 0 spiro atoms. The number of carbonyl (C=O) groups excluding carboxylic acids is 1. The Morgan fingerprint density at radius 1 is 1.27 bits per heavy atom. The molecule has 1 heterocycles. The summed E-state index contributed by atoms with van der Waals surface area (Å²) in [5.74, 6) is -0.00432. The summed E-state index contributed by atoms with van der Waals surface area (Å²) in [5.41, 5.74) is 8.03. The average molecular weight is 416 g/mol. The fourth-order valence-corrected chi connectivity index (χ4v) is 5.15. The van der Waals surface area contributed by atoms with Crippen LogP contribution in [0.5, 0.6) is 0 Å². The molecule has 166 valence electrons. The lowest BCUT2D eigenvalue weighted by molar-refractivity contribution is -0.132. The summed E-state index contributed by atoms with van der Waals surface area (Å²) in [6.45, 7) is 7.52. The molecule has 1 saturated carbocycles. The predicted octanol–water partition coefficient (Wildman–Crippen LogP) is 5.93. The molecule has 1 fully saturated rings. The second-order valence-corrected chi connectivity index (χ2v) is 9.78. The quantitative estimate of drug-likeness (QED) is 0.498. The van der Waals surface area contributed by atoms with Gasteiger partial charge in [0.15, 0.2) is 0 Å². The van der Waals surface area contributed by atoms with Gasteiger partial charge in [0.2, 0.25) is 5.91 Å². The molecule has 30 heavy (non-hydrogen) atoms. The summed E-state index contributed by atoms with van der Waals surface area (Å²) in [7, 11) is 0. The molecular weight excluding hydrogens is 377 g/mol. The Morgan fingerprint density at radius 2 is 2.00 bits per heavy atom. The van der Waals surface area contributed by atoms with Gasteiger partial charge in [-0.3, -0.25) is 4.79 Å². The highest BCUT2D eigenvalue weighted by Gasteiger charge is 2.28. The van der Waals surface area contributed by atoms with Crippen molar-refractivity contribution in [3.05, 3.63) is 35.8 Å². The number of benzene rings is 1. The SMILES string of the molecule is CC(C)C(CC(=O)N(CN)CCCC1(C)CCCCC1)c1c[nH]c2cccc(F)c12. The zero-order valence-corrected chi connectivity index (χ0v) is 18.8. The molecule has 0 aliphatic heterocycles. The van der Waals surface area contributed by atoms with E-state index < -0.39 is 0 Å². The van der Waals surface area contributed by atoms with Crippen LogP contribution in [0.1, 0.15) is 83.6 Å². The van der Waals surface area contributed by atoms with Crippen molar-refractivity contribution in [3.8, 4) is 0 Å². The van der Waals surface area contributed by atoms with Crippen molar-refractivity contribution < 1.29 is 9.18 Å². The van der Waals surface area contributed by atoms with Crippen molar-refractivity contribution in [1.29, 1.82) is 0 Å². The fraction of sp³-hybridized carbons (Fsp3) is 0.640. The molecule has 0 radical (unpaired) electrons. The number of hydrogen-bond acceptors (Lipinski definition) is 2. The number of hydrogen-bond donors (Lipinski definition) is 2. The number of aromatic amines is 1. The van der Waals surface area contributed by atoms with E-state index in [0.29, 0.717) is 23.8 Å². The summed E-state index contributed by atoms with van der Waals surface area (Å²) in [4.78, 5) is 18.1. The number of halogens is 1. The molecule has 1 unspecified atom stereocenters. The van der Waals surface area contributed by atoms with Crippen molar-refractivity contribution >= 4 is 16.8 Å². The Kier molecular flexibility index (Phi) is 7.56. The van der Waals surface area contributed by atoms with E-state index in [-0.39, 0.29) is 30.2 Å². The normalized spacial score (nSPS) is 17.4. The Morgan fingerprint density at radius 3 is 2.67 bits per heavy atom. The third-order valence-corrected chi connectivity index (χ3v) is 7.13. The molecule has 0 bridgehead atoms. The van der Waals surface area contributed by atoms with Gasteiger partial charge < -0.3 is 15.6 Å². The highest BCUT2D eigenvalue weighted by molar-refractivity contribution is 5.85. The Hall–Kier alpha value is -1.88. The van der Waals surface area contributed by atoms with Crippen LogP contribution in [-0.4, -0.2) is 29.0 Å². The minimum Gasteiger partial charge on any atom is -0.361 e. The van der Waals surface area contributed by atoms with E-state index in [4.69, 9.17) is 5.73 Å². The number of nitrogens with two attached hydrogens (primary N) is 1. The molecule has 1 aromatic carbocycles. The molecular formula is C25H38FN3O. The van der Waals surface area contributed by atoms with E-state index >= 15 is 0 Å². The number of fused-ring (bicyclic) bond motifs is 1. The maximum absolute atomic E-state index is 14.5. The summed E-state index contributed by atoms with van der Waals surface area (Å²) in [6, 6.07) is 5.06. The molecule has 1 aliphatic rings. The first-order valence-electron chi connectivity index (χ1n) is 11.6. The smallest absolute Gasteiger partial charge is 0.224 e. The summed E-state index contributed by atoms with van der Waals surface area (Å²) < 4.78 is 14.5. The van der Waals surface area contributed by atoms with E-state index in [9.17, 15) is 9.18 Å². The number of nitrogens with zero attached hydrogens (tertiary/aromatic N) is 1. The highest BCUT2D eigenvalue weighted by atomic mass is 19.1. The van der Waals surface area contributed by atoms with Crippen LogP contribution in [0.3, 0.4) is 0 Å². The maximum atomic E-state index is 14.5. The standard InChI is InChI=1S/C25H38FN3O/c1-18(2)19(20-16-28-22-10-7-9-21(26)24(20)22)15-23(30)29(17-27)14-8-13-25(3)11-5-4-6-12-25/h7,9-10,16,18-19,28H,4-6,8,11-15,17,27H2,1-3H3. The maximum Gasteiger partial charge on any atom is 0.224 e. The van der Waals surface area contributed by atoms with Crippen molar-refractivity contribution in [2.45, 2.75) is 78.1 Å². The fourth-order valence-electron chi connectivity index (χ4n) is 5.15. The zero-order chi connectivity index (χ0) is 21.7. The Balaban J connectivity index is 1.66. The van der Waals surface area contributed by atoms with Gasteiger partial charge in [0, 0.05) is 30.1 Å². The molecule has 0 saturated heterocycles. The highest BCUT2D eigenvalue weighted by Crippen LogP contribution is 2.40. The monoisotopic (exact) mass is 415 g/mol.